The Bertz CT molecular complexity index is 419. The van der Waals surface area contributed by atoms with Crippen LogP contribution in [0, 0.1) is 6.92 Å². The van der Waals surface area contributed by atoms with Crippen LogP contribution in [0.25, 0.3) is 0 Å². The van der Waals surface area contributed by atoms with Crippen LogP contribution in [0.3, 0.4) is 0 Å². The molecule has 0 spiro atoms. The standard InChI is InChI=1S/C14H20ClNO2/c1-3-18-14-6-9(2)11(7-12(14)15)13(17)8-16-10-4-5-10/h6-7,10,13,16-17H,3-5,8H2,1-2H3. The maximum absolute atomic E-state index is 10.2. The number of hydrogen-bond donors (Lipinski definition) is 2. The first-order chi connectivity index (χ1) is 8.61. The summed E-state index contributed by atoms with van der Waals surface area (Å²) in [5, 5.41) is 14.0. The van der Waals surface area contributed by atoms with E-state index < -0.39 is 6.10 Å². The van der Waals surface area contributed by atoms with Gasteiger partial charge < -0.3 is 15.2 Å². The highest BCUT2D eigenvalue weighted by atomic mass is 35.5. The summed E-state index contributed by atoms with van der Waals surface area (Å²) in [6, 6.07) is 4.29. The molecule has 2 rings (SSSR count). The van der Waals surface area contributed by atoms with Crippen LogP contribution in [0.15, 0.2) is 12.1 Å². The first kappa shape index (κ1) is 13.7. The SMILES string of the molecule is CCOc1cc(C)c(C(O)CNC2CC2)cc1Cl. The molecule has 1 atom stereocenters. The fourth-order valence-corrected chi connectivity index (χ4v) is 2.20. The van der Waals surface area contributed by atoms with E-state index in [-0.39, 0.29) is 0 Å². The molecule has 1 unspecified atom stereocenters. The van der Waals surface area contributed by atoms with Crippen molar-refractivity contribution in [1.29, 1.82) is 0 Å². The molecule has 0 saturated heterocycles. The molecule has 1 aliphatic rings. The van der Waals surface area contributed by atoms with Gasteiger partial charge in [0.25, 0.3) is 0 Å². The first-order valence-corrected chi connectivity index (χ1v) is 6.84. The molecule has 1 saturated carbocycles. The van der Waals surface area contributed by atoms with Crippen LogP contribution in [0.5, 0.6) is 5.75 Å². The van der Waals surface area contributed by atoms with Crippen LogP contribution < -0.4 is 10.1 Å². The summed E-state index contributed by atoms with van der Waals surface area (Å²) in [6.07, 6.45) is 1.92. The van der Waals surface area contributed by atoms with Crippen molar-refractivity contribution >= 4 is 11.6 Å². The number of aliphatic hydroxyl groups excluding tert-OH is 1. The van der Waals surface area contributed by atoms with Crippen molar-refractivity contribution in [3.8, 4) is 5.75 Å². The normalized spacial score (nSPS) is 16.7. The minimum Gasteiger partial charge on any atom is -0.492 e. The molecule has 4 heteroatoms. The molecule has 2 N–H and O–H groups in total. The molecule has 0 heterocycles. The highest BCUT2D eigenvalue weighted by Gasteiger charge is 2.22. The van der Waals surface area contributed by atoms with Crippen LogP contribution in [-0.2, 0) is 0 Å². The number of hydrogen-bond acceptors (Lipinski definition) is 3. The van der Waals surface area contributed by atoms with Crippen molar-refractivity contribution in [2.75, 3.05) is 13.2 Å². The molecular weight excluding hydrogens is 250 g/mol. The molecule has 1 fully saturated rings. The molecule has 0 aromatic heterocycles. The van der Waals surface area contributed by atoms with Crippen molar-refractivity contribution < 1.29 is 9.84 Å². The summed E-state index contributed by atoms with van der Waals surface area (Å²) in [7, 11) is 0. The Morgan fingerprint density at radius 1 is 1.50 bits per heavy atom. The van der Waals surface area contributed by atoms with E-state index in [0.717, 1.165) is 11.1 Å². The zero-order valence-electron chi connectivity index (χ0n) is 10.9. The Labute approximate surface area is 113 Å². The van der Waals surface area contributed by atoms with Crippen LogP contribution in [0.2, 0.25) is 5.02 Å². The summed E-state index contributed by atoms with van der Waals surface area (Å²) in [5.41, 5.74) is 1.88. The van der Waals surface area contributed by atoms with Gasteiger partial charge in [-0.1, -0.05) is 11.6 Å². The Morgan fingerprint density at radius 3 is 2.83 bits per heavy atom. The van der Waals surface area contributed by atoms with Gasteiger partial charge in [0.15, 0.2) is 0 Å². The summed E-state index contributed by atoms with van der Waals surface area (Å²) >= 11 is 6.14. The minimum atomic E-state index is -0.515. The zero-order chi connectivity index (χ0) is 13.1. The molecule has 1 aliphatic carbocycles. The van der Waals surface area contributed by atoms with E-state index >= 15 is 0 Å². The summed E-state index contributed by atoms with van der Waals surface area (Å²) in [6.45, 7) is 5.06. The molecule has 1 aromatic rings. The number of nitrogens with one attached hydrogen (secondary N) is 1. The number of aliphatic hydroxyl groups is 1. The Balaban J connectivity index is 2.08. The molecule has 100 valence electrons. The second kappa shape index (κ2) is 5.91. The molecule has 1 aromatic carbocycles. The highest BCUT2D eigenvalue weighted by Crippen LogP contribution is 2.31. The zero-order valence-corrected chi connectivity index (χ0v) is 11.6. The summed E-state index contributed by atoms with van der Waals surface area (Å²) in [4.78, 5) is 0. The number of ether oxygens (including phenoxy) is 1. The van der Waals surface area contributed by atoms with Gasteiger partial charge in [-0.15, -0.1) is 0 Å². The average Bonchev–Trinajstić information content (AvgIpc) is 3.14. The van der Waals surface area contributed by atoms with Crippen molar-refractivity contribution in [2.45, 2.75) is 38.8 Å². The predicted molar refractivity (Wildman–Crippen MR) is 73.3 cm³/mol. The number of rotatable bonds is 6. The van der Waals surface area contributed by atoms with Crippen molar-refractivity contribution in [2.24, 2.45) is 0 Å². The van der Waals surface area contributed by atoms with Crippen LogP contribution in [0.1, 0.15) is 37.0 Å². The fourth-order valence-electron chi connectivity index (χ4n) is 1.97. The Hall–Kier alpha value is -0.770. The van der Waals surface area contributed by atoms with Gasteiger partial charge in [-0.2, -0.15) is 0 Å². The van der Waals surface area contributed by atoms with Crippen molar-refractivity contribution in [3.63, 3.8) is 0 Å². The van der Waals surface area contributed by atoms with E-state index in [1.165, 1.54) is 12.8 Å². The maximum atomic E-state index is 10.2. The summed E-state index contributed by atoms with van der Waals surface area (Å²) in [5.74, 6) is 0.683. The van der Waals surface area contributed by atoms with E-state index in [1.54, 1.807) is 6.07 Å². The number of aryl methyl sites for hydroxylation is 1. The van der Waals surface area contributed by atoms with Crippen molar-refractivity contribution in [1.82, 2.24) is 5.32 Å². The average molecular weight is 270 g/mol. The van der Waals surface area contributed by atoms with Crippen LogP contribution in [-0.4, -0.2) is 24.3 Å². The molecular formula is C14H20ClNO2. The maximum Gasteiger partial charge on any atom is 0.138 e. The lowest BCUT2D eigenvalue weighted by molar-refractivity contribution is 0.173. The Kier molecular flexibility index (Phi) is 4.49. The van der Waals surface area contributed by atoms with Gasteiger partial charge in [-0.05, 0) is 49.9 Å². The molecule has 0 amide bonds. The van der Waals surface area contributed by atoms with Crippen LogP contribution >= 0.6 is 11.6 Å². The third-order valence-electron chi connectivity index (χ3n) is 3.16. The predicted octanol–water partition coefficient (Wildman–Crippen LogP) is 2.83. The largest absolute Gasteiger partial charge is 0.492 e. The first-order valence-electron chi connectivity index (χ1n) is 6.46. The molecule has 0 radical (unpaired) electrons. The number of benzene rings is 1. The molecule has 3 nitrogen and oxygen atoms in total. The van der Waals surface area contributed by atoms with E-state index in [2.05, 4.69) is 5.32 Å². The fraction of sp³-hybridized carbons (Fsp3) is 0.571. The lowest BCUT2D eigenvalue weighted by Crippen LogP contribution is -2.23. The van der Waals surface area contributed by atoms with Gasteiger partial charge in [0.2, 0.25) is 0 Å². The van der Waals surface area contributed by atoms with Gasteiger partial charge in [0.1, 0.15) is 5.75 Å². The van der Waals surface area contributed by atoms with Gasteiger partial charge in [-0.3, -0.25) is 0 Å². The molecule has 0 bridgehead atoms. The van der Waals surface area contributed by atoms with Gasteiger partial charge in [0.05, 0.1) is 17.7 Å². The summed E-state index contributed by atoms with van der Waals surface area (Å²) < 4.78 is 5.43. The van der Waals surface area contributed by atoms with E-state index in [1.807, 2.05) is 19.9 Å². The van der Waals surface area contributed by atoms with E-state index in [9.17, 15) is 5.11 Å². The monoisotopic (exact) mass is 269 g/mol. The topological polar surface area (TPSA) is 41.5 Å². The third kappa shape index (κ3) is 3.37. The van der Waals surface area contributed by atoms with E-state index in [4.69, 9.17) is 16.3 Å². The lowest BCUT2D eigenvalue weighted by atomic mass is 10.0. The third-order valence-corrected chi connectivity index (χ3v) is 3.45. The smallest absolute Gasteiger partial charge is 0.138 e. The van der Waals surface area contributed by atoms with Gasteiger partial charge in [-0.25, -0.2) is 0 Å². The molecule has 0 aliphatic heterocycles. The van der Waals surface area contributed by atoms with Crippen LogP contribution in [0.4, 0.5) is 0 Å². The van der Waals surface area contributed by atoms with Gasteiger partial charge >= 0.3 is 0 Å². The Morgan fingerprint density at radius 2 is 2.22 bits per heavy atom. The highest BCUT2D eigenvalue weighted by molar-refractivity contribution is 6.32. The lowest BCUT2D eigenvalue weighted by Gasteiger charge is -2.16. The quantitative estimate of drug-likeness (QED) is 0.834. The second-order valence-corrected chi connectivity index (χ2v) is 5.18. The van der Waals surface area contributed by atoms with Gasteiger partial charge in [0, 0.05) is 12.6 Å². The minimum absolute atomic E-state index is 0.515. The second-order valence-electron chi connectivity index (χ2n) is 4.77. The van der Waals surface area contributed by atoms with Crippen molar-refractivity contribution in [3.05, 3.63) is 28.3 Å². The number of halogens is 1. The van der Waals surface area contributed by atoms with E-state index in [0.29, 0.717) is 30.0 Å². The molecule has 18 heavy (non-hydrogen) atoms.